The molecule has 5 nitrogen and oxygen atoms in total. The fourth-order valence-electron chi connectivity index (χ4n) is 2.56. The first-order valence-corrected chi connectivity index (χ1v) is 6.78. The normalized spacial score (nSPS) is 17.7. The first kappa shape index (κ1) is 13.3. The largest absolute Gasteiger partial charge is 0.269 e. The lowest BCUT2D eigenvalue weighted by atomic mass is 10.0. The summed E-state index contributed by atoms with van der Waals surface area (Å²) in [5.74, 6) is 0. The maximum absolute atomic E-state index is 10.7. The number of hydrogen-bond donors (Lipinski definition) is 0. The van der Waals surface area contributed by atoms with E-state index in [4.69, 9.17) is 0 Å². The Morgan fingerprint density at radius 1 is 1.14 bits per heavy atom. The molecule has 1 aliphatic rings. The van der Waals surface area contributed by atoms with E-state index < -0.39 is 4.92 Å². The molecule has 5 heteroatoms. The van der Waals surface area contributed by atoms with Crippen LogP contribution in [0.5, 0.6) is 0 Å². The van der Waals surface area contributed by atoms with Gasteiger partial charge in [0, 0.05) is 24.3 Å². The van der Waals surface area contributed by atoms with E-state index in [0.29, 0.717) is 0 Å². The van der Waals surface area contributed by atoms with Gasteiger partial charge in [-0.05, 0) is 24.6 Å². The van der Waals surface area contributed by atoms with Crippen LogP contribution in [0.15, 0.2) is 59.7 Å². The van der Waals surface area contributed by atoms with Gasteiger partial charge in [-0.3, -0.25) is 15.1 Å². The van der Waals surface area contributed by atoms with Crippen LogP contribution in [0.1, 0.15) is 24.9 Å². The second kappa shape index (κ2) is 5.36. The lowest BCUT2D eigenvalue weighted by molar-refractivity contribution is -0.384. The molecule has 1 atom stereocenters. The number of hydrazone groups is 1. The monoisotopic (exact) mass is 281 g/mol. The summed E-state index contributed by atoms with van der Waals surface area (Å²) >= 11 is 0. The molecule has 0 N–H and O–H groups in total. The number of nitro groups is 1. The van der Waals surface area contributed by atoms with Crippen LogP contribution >= 0.6 is 0 Å². The number of rotatable bonds is 3. The van der Waals surface area contributed by atoms with Crippen molar-refractivity contribution in [2.75, 3.05) is 5.01 Å². The van der Waals surface area contributed by atoms with Crippen molar-refractivity contribution < 1.29 is 4.92 Å². The van der Waals surface area contributed by atoms with Crippen LogP contribution in [0, 0.1) is 10.1 Å². The second-order valence-electron chi connectivity index (χ2n) is 5.08. The molecule has 2 aromatic carbocycles. The van der Waals surface area contributed by atoms with E-state index >= 15 is 0 Å². The van der Waals surface area contributed by atoms with Gasteiger partial charge in [-0.1, -0.05) is 30.3 Å². The molecule has 106 valence electrons. The molecule has 21 heavy (non-hydrogen) atoms. The highest BCUT2D eigenvalue weighted by Gasteiger charge is 2.27. The predicted octanol–water partition coefficient (Wildman–Crippen LogP) is 3.92. The van der Waals surface area contributed by atoms with Crippen molar-refractivity contribution in [3.05, 3.63) is 70.3 Å². The molecule has 0 bridgehead atoms. The zero-order valence-electron chi connectivity index (χ0n) is 11.6. The number of anilines is 1. The van der Waals surface area contributed by atoms with E-state index in [1.165, 1.54) is 17.7 Å². The molecule has 0 saturated carbocycles. The van der Waals surface area contributed by atoms with E-state index in [-0.39, 0.29) is 11.7 Å². The molecule has 0 amide bonds. The third kappa shape index (κ3) is 2.63. The van der Waals surface area contributed by atoms with Crippen molar-refractivity contribution in [3.8, 4) is 0 Å². The molecule has 1 heterocycles. The molecule has 0 saturated heterocycles. The average molecular weight is 281 g/mol. The van der Waals surface area contributed by atoms with Crippen LogP contribution in [0.3, 0.4) is 0 Å². The molecule has 0 spiro atoms. The van der Waals surface area contributed by atoms with Crippen LogP contribution < -0.4 is 5.01 Å². The lowest BCUT2D eigenvalue weighted by Crippen LogP contribution is -2.18. The summed E-state index contributed by atoms with van der Waals surface area (Å²) in [6.07, 6.45) is 0.862. The molecule has 1 aliphatic heterocycles. The summed E-state index contributed by atoms with van der Waals surface area (Å²) in [5, 5.41) is 17.2. The number of nitro benzene ring substituents is 1. The van der Waals surface area contributed by atoms with Crippen molar-refractivity contribution in [2.45, 2.75) is 19.4 Å². The average Bonchev–Trinajstić information content (AvgIpc) is 2.90. The summed E-state index contributed by atoms with van der Waals surface area (Å²) in [6, 6.07) is 16.8. The predicted molar refractivity (Wildman–Crippen MR) is 82.5 cm³/mol. The van der Waals surface area contributed by atoms with E-state index in [2.05, 4.69) is 17.2 Å². The van der Waals surface area contributed by atoms with Crippen molar-refractivity contribution in [3.63, 3.8) is 0 Å². The van der Waals surface area contributed by atoms with Crippen molar-refractivity contribution in [2.24, 2.45) is 5.10 Å². The minimum atomic E-state index is -0.392. The molecular formula is C16H15N3O2. The first-order chi connectivity index (χ1) is 10.1. The highest BCUT2D eigenvalue weighted by Crippen LogP contribution is 2.35. The van der Waals surface area contributed by atoms with Gasteiger partial charge < -0.3 is 0 Å². The molecule has 0 radical (unpaired) electrons. The van der Waals surface area contributed by atoms with E-state index in [0.717, 1.165) is 17.8 Å². The van der Waals surface area contributed by atoms with Crippen LogP contribution in [0.2, 0.25) is 0 Å². The molecule has 0 fully saturated rings. The molecule has 0 unspecified atom stereocenters. The standard InChI is InChI=1S/C16H15N3O2/c1-12-11-16(13-5-3-2-4-6-13)18(17-12)14-7-9-15(10-8-14)19(20)21/h2-10,16H,11H2,1H3/t16-/m1/s1. The topological polar surface area (TPSA) is 58.7 Å². The Hall–Kier alpha value is -2.69. The van der Waals surface area contributed by atoms with Crippen LogP contribution in [-0.2, 0) is 0 Å². The van der Waals surface area contributed by atoms with E-state index in [1.807, 2.05) is 30.1 Å². The Kier molecular flexibility index (Phi) is 3.39. The van der Waals surface area contributed by atoms with Gasteiger partial charge in [-0.25, -0.2) is 0 Å². The first-order valence-electron chi connectivity index (χ1n) is 6.78. The smallest absolute Gasteiger partial charge is 0.258 e. The van der Waals surface area contributed by atoms with Gasteiger partial charge in [0.1, 0.15) is 0 Å². The second-order valence-corrected chi connectivity index (χ2v) is 5.08. The fourth-order valence-corrected chi connectivity index (χ4v) is 2.56. The zero-order valence-corrected chi connectivity index (χ0v) is 11.6. The number of hydrogen-bond acceptors (Lipinski definition) is 4. The summed E-state index contributed by atoms with van der Waals surface area (Å²) in [6.45, 7) is 2.00. The minimum absolute atomic E-state index is 0.0925. The molecule has 0 aromatic heterocycles. The summed E-state index contributed by atoms with van der Waals surface area (Å²) in [7, 11) is 0. The summed E-state index contributed by atoms with van der Waals surface area (Å²) in [5.41, 5.74) is 3.21. The third-order valence-electron chi connectivity index (χ3n) is 3.57. The number of nitrogens with zero attached hydrogens (tertiary/aromatic N) is 3. The molecular weight excluding hydrogens is 266 g/mol. The Morgan fingerprint density at radius 2 is 1.81 bits per heavy atom. The van der Waals surface area contributed by atoms with Crippen LogP contribution in [-0.4, -0.2) is 10.6 Å². The highest BCUT2D eigenvalue weighted by atomic mass is 16.6. The van der Waals surface area contributed by atoms with Gasteiger partial charge in [0.05, 0.1) is 16.7 Å². The minimum Gasteiger partial charge on any atom is -0.258 e. The fraction of sp³-hybridized carbons (Fsp3) is 0.188. The van der Waals surface area contributed by atoms with Crippen molar-refractivity contribution in [1.82, 2.24) is 0 Å². The maximum Gasteiger partial charge on any atom is 0.269 e. The zero-order chi connectivity index (χ0) is 14.8. The van der Waals surface area contributed by atoms with Gasteiger partial charge in [0.2, 0.25) is 0 Å². The number of non-ortho nitro benzene ring substituents is 1. The van der Waals surface area contributed by atoms with Crippen LogP contribution in [0.25, 0.3) is 0 Å². The van der Waals surface area contributed by atoms with E-state index in [1.54, 1.807) is 12.1 Å². The third-order valence-corrected chi connectivity index (χ3v) is 3.57. The van der Waals surface area contributed by atoms with Gasteiger partial charge in [0.25, 0.3) is 5.69 Å². The van der Waals surface area contributed by atoms with Crippen molar-refractivity contribution >= 4 is 17.1 Å². The Labute approximate surface area is 122 Å². The van der Waals surface area contributed by atoms with Gasteiger partial charge in [-0.15, -0.1) is 0 Å². The Bertz CT molecular complexity index is 680. The Morgan fingerprint density at radius 3 is 2.43 bits per heavy atom. The van der Waals surface area contributed by atoms with Gasteiger partial charge >= 0.3 is 0 Å². The van der Waals surface area contributed by atoms with Crippen LogP contribution in [0.4, 0.5) is 11.4 Å². The Balaban J connectivity index is 1.93. The van der Waals surface area contributed by atoms with Gasteiger partial charge in [-0.2, -0.15) is 5.10 Å². The molecule has 2 aromatic rings. The molecule has 3 rings (SSSR count). The highest BCUT2D eigenvalue weighted by molar-refractivity contribution is 5.86. The summed E-state index contributed by atoms with van der Waals surface area (Å²) < 4.78 is 0. The SMILES string of the molecule is CC1=NN(c2ccc([N+](=O)[O-])cc2)[C@@H](c2ccccc2)C1. The molecule has 0 aliphatic carbocycles. The number of benzene rings is 2. The summed E-state index contributed by atoms with van der Waals surface area (Å²) in [4.78, 5) is 10.3. The van der Waals surface area contributed by atoms with E-state index in [9.17, 15) is 10.1 Å². The quantitative estimate of drug-likeness (QED) is 0.632. The van der Waals surface area contributed by atoms with Gasteiger partial charge in [0.15, 0.2) is 0 Å². The lowest BCUT2D eigenvalue weighted by Gasteiger charge is -2.23. The van der Waals surface area contributed by atoms with Crippen molar-refractivity contribution in [1.29, 1.82) is 0 Å². The maximum atomic E-state index is 10.7.